The van der Waals surface area contributed by atoms with Gasteiger partial charge in [-0.2, -0.15) is 26.3 Å². The molecule has 2 bridgehead atoms. The number of nitrogens with zero attached hydrogens (tertiary/aromatic N) is 4. The van der Waals surface area contributed by atoms with Crippen molar-refractivity contribution in [3.63, 3.8) is 0 Å². The van der Waals surface area contributed by atoms with Gasteiger partial charge in [0.1, 0.15) is 0 Å². The van der Waals surface area contributed by atoms with Crippen LogP contribution in [0.25, 0.3) is 10.4 Å². The zero-order valence-corrected chi connectivity index (χ0v) is 19.7. The molecule has 5 nitrogen and oxygen atoms in total. The zero-order valence-electron chi connectivity index (χ0n) is 19.7. The van der Waals surface area contributed by atoms with E-state index < -0.39 is 41.7 Å². The molecule has 2 aromatic rings. The van der Waals surface area contributed by atoms with Gasteiger partial charge in [-0.15, -0.1) is 0 Å². The van der Waals surface area contributed by atoms with Crippen LogP contribution in [0.2, 0.25) is 0 Å². The average molecular weight is 522 g/mol. The largest absolute Gasteiger partial charge is 0.416 e. The Morgan fingerprint density at radius 1 is 0.973 bits per heavy atom. The van der Waals surface area contributed by atoms with E-state index in [2.05, 4.69) is 26.8 Å². The molecule has 2 heterocycles. The lowest BCUT2D eigenvalue weighted by atomic mass is 9.79. The first-order valence-electron chi connectivity index (χ1n) is 11.7. The maximum Gasteiger partial charge on any atom is 0.416 e. The molecule has 2 fully saturated rings. The Bertz CT molecular complexity index is 1180. The number of ether oxygens (including phenoxy) is 1. The first-order valence-corrected chi connectivity index (χ1v) is 11.7. The standard InChI is InChI=1S/C26H24F6N4O/c27-25(28,29)20-14-18(15-21(16-20)26(30,31)32)17-37-23-9-8-22-10-11-24(23,19-6-2-1-3-7-19)36(22)13-5-4-12-34-35-33/h1-3,6-7,14-16,22-23H,8-13,17H2. The van der Waals surface area contributed by atoms with E-state index in [1.165, 1.54) is 0 Å². The molecule has 0 aliphatic carbocycles. The second-order valence-electron chi connectivity index (χ2n) is 9.14. The number of halogens is 6. The van der Waals surface area contributed by atoms with Crippen LogP contribution in [0, 0.1) is 11.8 Å². The van der Waals surface area contributed by atoms with Crippen molar-refractivity contribution in [1.29, 1.82) is 0 Å². The van der Waals surface area contributed by atoms with Crippen LogP contribution in [0.1, 0.15) is 47.9 Å². The highest BCUT2D eigenvalue weighted by molar-refractivity contribution is 5.34. The van der Waals surface area contributed by atoms with Gasteiger partial charge in [-0.3, -0.25) is 4.90 Å². The average Bonchev–Trinajstić information content (AvgIpc) is 3.11. The third-order valence-corrected chi connectivity index (χ3v) is 7.07. The van der Waals surface area contributed by atoms with Crippen molar-refractivity contribution in [2.24, 2.45) is 5.11 Å². The summed E-state index contributed by atoms with van der Waals surface area (Å²) < 4.78 is 86.1. The molecule has 3 atom stereocenters. The van der Waals surface area contributed by atoms with Gasteiger partial charge >= 0.3 is 12.4 Å². The van der Waals surface area contributed by atoms with Crippen LogP contribution >= 0.6 is 0 Å². The van der Waals surface area contributed by atoms with E-state index in [4.69, 9.17) is 10.3 Å². The highest BCUT2D eigenvalue weighted by Gasteiger charge is 2.55. The lowest BCUT2D eigenvalue weighted by Gasteiger charge is -2.49. The molecule has 196 valence electrons. The number of fused-ring (bicyclic) bond motifs is 2. The minimum Gasteiger partial charge on any atom is -0.371 e. The summed E-state index contributed by atoms with van der Waals surface area (Å²) in [4.78, 5) is 4.89. The summed E-state index contributed by atoms with van der Waals surface area (Å²) in [6.45, 7) is -0.000172. The monoisotopic (exact) mass is 522 g/mol. The minimum atomic E-state index is -4.92. The number of rotatable bonds is 6. The summed E-state index contributed by atoms with van der Waals surface area (Å²) in [5.74, 6) is 5.85. The molecule has 2 aliphatic heterocycles. The predicted molar refractivity (Wildman–Crippen MR) is 124 cm³/mol. The molecule has 11 heteroatoms. The second-order valence-corrected chi connectivity index (χ2v) is 9.14. The van der Waals surface area contributed by atoms with Crippen molar-refractivity contribution in [3.05, 3.63) is 81.2 Å². The molecule has 2 aliphatic rings. The summed E-state index contributed by atoms with van der Waals surface area (Å²) in [5, 5.41) is 3.41. The summed E-state index contributed by atoms with van der Waals surface area (Å²) in [6, 6.07) is 11.3. The van der Waals surface area contributed by atoms with Gasteiger partial charge in [-0.1, -0.05) is 47.3 Å². The molecule has 0 N–H and O–H groups in total. The van der Waals surface area contributed by atoms with Crippen LogP contribution in [0.4, 0.5) is 26.3 Å². The van der Waals surface area contributed by atoms with Gasteiger partial charge in [0.15, 0.2) is 0 Å². The van der Waals surface area contributed by atoms with Crippen molar-refractivity contribution in [3.8, 4) is 11.8 Å². The Hall–Kier alpha value is -3.19. The molecule has 0 amide bonds. The zero-order chi connectivity index (χ0) is 26.7. The molecule has 4 rings (SSSR count). The molecular formula is C26H24F6N4O. The van der Waals surface area contributed by atoms with E-state index in [9.17, 15) is 26.3 Å². The first kappa shape index (κ1) is 26.9. The second kappa shape index (κ2) is 10.7. The number of hydrogen-bond donors (Lipinski definition) is 0. The van der Waals surface area contributed by atoms with E-state index in [-0.39, 0.29) is 24.2 Å². The fourth-order valence-electron chi connectivity index (χ4n) is 5.52. The number of alkyl halides is 6. The summed E-state index contributed by atoms with van der Waals surface area (Å²) in [5.41, 5.74) is 5.86. The van der Waals surface area contributed by atoms with Gasteiger partial charge in [0.05, 0.1) is 42.5 Å². The predicted octanol–water partition coefficient (Wildman–Crippen LogP) is 7.08. The van der Waals surface area contributed by atoms with Crippen LogP contribution in [0.15, 0.2) is 53.6 Å². The van der Waals surface area contributed by atoms with Gasteiger partial charge < -0.3 is 4.74 Å². The first-order chi connectivity index (χ1) is 17.6. The van der Waals surface area contributed by atoms with Crippen LogP contribution < -0.4 is 0 Å². The smallest absolute Gasteiger partial charge is 0.371 e. The van der Waals surface area contributed by atoms with Crippen molar-refractivity contribution >= 4 is 0 Å². The van der Waals surface area contributed by atoms with Crippen LogP contribution in [0.3, 0.4) is 0 Å². The van der Waals surface area contributed by atoms with Gasteiger partial charge in [0.25, 0.3) is 0 Å². The van der Waals surface area contributed by atoms with E-state index in [0.717, 1.165) is 18.4 Å². The number of piperidine rings is 1. The third-order valence-electron chi connectivity index (χ3n) is 7.07. The van der Waals surface area contributed by atoms with Crippen LogP contribution in [-0.2, 0) is 29.2 Å². The molecule has 0 aromatic heterocycles. The fourth-order valence-corrected chi connectivity index (χ4v) is 5.52. The van der Waals surface area contributed by atoms with Crippen molar-refractivity contribution < 1.29 is 31.1 Å². The summed E-state index contributed by atoms with van der Waals surface area (Å²) in [6.07, 6.45) is -7.39. The van der Waals surface area contributed by atoms with Crippen molar-refractivity contribution in [2.45, 2.75) is 62.3 Å². The fraction of sp³-hybridized carbons (Fsp3) is 0.462. The lowest BCUT2D eigenvalue weighted by molar-refractivity contribution is -0.143. The van der Waals surface area contributed by atoms with Crippen molar-refractivity contribution in [1.82, 2.24) is 4.90 Å². The van der Waals surface area contributed by atoms with Crippen LogP contribution in [0.5, 0.6) is 0 Å². The molecule has 37 heavy (non-hydrogen) atoms. The maximum atomic E-state index is 13.3. The molecule has 0 radical (unpaired) electrons. The summed E-state index contributed by atoms with van der Waals surface area (Å²) >= 11 is 0. The van der Waals surface area contributed by atoms with Gasteiger partial charge in [-0.05, 0) is 60.5 Å². The van der Waals surface area contributed by atoms with Gasteiger partial charge in [0, 0.05) is 11.0 Å². The Labute approximate surface area is 210 Å². The third kappa shape index (κ3) is 5.72. The molecule has 2 aromatic carbocycles. The Morgan fingerprint density at radius 2 is 1.65 bits per heavy atom. The molecule has 3 unspecified atom stereocenters. The Morgan fingerprint density at radius 3 is 2.27 bits per heavy atom. The Kier molecular flexibility index (Phi) is 7.74. The maximum absolute atomic E-state index is 13.3. The van der Waals surface area contributed by atoms with Gasteiger partial charge in [-0.25, -0.2) is 0 Å². The molecule has 0 spiro atoms. The van der Waals surface area contributed by atoms with E-state index >= 15 is 0 Å². The quantitative estimate of drug-likeness (QED) is 0.134. The number of hydrogen-bond acceptors (Lipinski definition) is 3. The lowest BCUT2D eigenvalue weighted by Crippen LogP contribution is -2.57. The molecular weight excluding hydrogens is 498 g/mol. The van der Waals surface area contributed by atoms with Crippen molar-refractivity contribution in [2.75, 3.05) is 13.1 Å². The van der Waals surface area contributed by atoms with E-state index in [0.29, 0.717) is 31.5 Å². The molecule has 0 saturated carbocycles. The number of azide groups is 1. The SMILES string of the molecule is [N-]=[N+]=NCC#CCN1C2CCC(OCc3cc(C(F)(F)F)cc(C(F)(F)F)c3)C1(c1ccccc1)CC2. The van der Waals surface area contributed by atoms with Crippen LogP contribution in [-0.4, -0.2) is 30.1 Å². The number of benzene rings is 2. The minimum absolute atomic E-state index is 0.0321. The Balaban J connectivity index is 1.65. The topological polar surface area (TPSA) is 61.2 Å². The highest BCUT2D eigenvalue weighted by Crippen LogP contribution is 2.51. The van der Waals surface area contributed by atoms with E-state index in [1.54, 1.807) is 0 Å². The highest BCUT2D eigenvalue weighted by atomic mass is 19.4. The summed E-state index contributed by atoms with van der Waals surface area (Å²) in [7, 11) is 0. The van der Waals surface area contributed by atoms with E-state index in [1.807, 2.05) is 30.3 Å². The normalized spacial score (nSPS) is 23.7. The molecule has 2 saturated heterocycles. The van der Waals surface area contributed by atoms with Gasteiger partial charge in [0.2, 0.25) is 0 Å².